The van der Waals surface area contributed by atoms with E-state index < -0.39 is 11.4 Å². The summed E-state index contributed by atoms with van der Waals surface area (Å²) in [5, 5.41) is 9.03. The first-order chi connectivity index (χ1) is 7.97. The van der Waals surface area contributed by atoms with Gasteiger partial charge in [-0.3, -0.25) is 14.4 Å². The molecule has 2 fully saturated rings. The molecule has 6 nitrogen and oxygen atoms in total. The Morgan fingerprint density at radius 1 is 1.00 bits per heavy atom. The molecule has 1 aliphatic carbocycles. The number of carboxylic acid groups (broad SMARTS) is 1. The van der Waals surface area contributed by atoms with Gasteiger partial charge in [0.05, 0.1) is 0 Å². The second kappa shape index (κ2) is 4.01. The number of hydrogen-bond acceptors (Lipinski definition) is 3. The first-order valence-corrected chi connectivity index (χ1v) is 5.76. The number of carbonyl (C=O) groups excluding carboxylic acids is 2. The second-order valence-electron chi connectivity index (χ2n) is 4.69. The maximum absolute atomic E-state index is 12.0. The Labute approximate surface area is 99.2 Å². The predicted molar refractivity (Wildman–Crippen MR) is 58.1 cm³/mol. The Morgan fingerprint density at radius 2 is 1.47 bits per heavy atom. The van der Waals surface area contributed by atoms with Crippen molar-refractivity contribution in [2.45, 2.75) is 19.8 Å². The van der Waals surface area contributed by atoms with Gasteiger partial charge in [0.25, 0.3) is 0 Å². The van der Waals surface area contributed by atoms with Crippen LogP contribution in [0.2, 0.25) is 0 Å². The molecule has 0 aromatic heterocycles. The smallest absolute Gasteiger partial charge is 0.319 e. The van der Waals surface area contributed by atoms with Crippen LogP contribution in [0.15, 0.2) is 0 Å². The van der Waals surface area contributed by atoms with Gasteiger partial charge in [0, 0.05) is 33.1 Å². The molecule has 0 radical (unpaired) electrons. The van der Waals surface area contributed by atoms with Crippen LogP contribution >= 0.6 is 0 Å². The summed E-state index contributed by atoms with van der Waals surface area (Å²) in [5.41, 5.74) is -1.15. The quantitative estimate of drug-likeness (QED) is 0.663. The van der Waals surface area contributed by atoms with Gasteiger partial charge in [0.1, 0.15) is 5.41 Å². The molecule has 0 aromatic rings. The van der Waals surface area contributed by atoms with Gasteiger partial charge in [0.2, 0.25) is 11.8 Å². The Hall–Kier alpha value is -1.59. The molecular weight excluding hydrogens is 224 g/mol. The number of nitrogens with zero attached hydrogens (tertiary/aromatic N) is 2. The van der Waals surface area contributed by atoms with Crippen molar-refractivity contribution in [1.29, 1.82) is 0 Å². The van der Waals surface area contributed by atoms with Gasteiger partial charge in [-0.05, 0) is 12.8 Å². The zero-order valence-electron chi connectivity index (χ0n) is 9.81. The molecule has 94 valence electrons. The number of piperazine rings is 1. The van der Waals surface area contributed by atoms with Crippen LogP contribution in [-0.2, 0) is 14.4 Å². The number of hydrogen-bond donors (Lipinski definition) is 1. The minimum absolute atomic E-state index is 0.00327. The van der Waals surface area contributed by atoms with Crippen LogP contribution in [0.4, 0.5) is 0 Å². The fourth-order valence-electron chi connectivity index (χ4n) is 2.17. The number of amides is 2. The van der Waals surface area contributed by atoms with Crippen LogP contribution in [0.3, 0.4) is 0 Å². The van der Waals surface area contributed by atoms with E-state index in [0.717, 1.165) is 0 Å². The Balaban J connectivity index is 1.96. The fraction of sp³-hybridized carbons (Fsp3) is 0.727. The largest absolute Gasteiger partial charge is 0.480 e. The summed E-state index contributed by atoms with van der Waals surface area (Å²) >= 11 is 0. The molecule has 1 heterocycles. The van der Waals surface area contributed by atoms with Gasteiger partial charge in [-0.2, -0.15) is 0 Å². The van der Waals surface area contributed by atoms with Crippen LogP contribution in [0.1, 0.15) is 19.8 Å². The maximum Gasteiger partial charge on any atom is 0.319 e. The van der Waals surface area contributed by atoms with Crippen LogP contribution in [0.25, 0.3) is 0 Å². The van der Waals surface area contributed by atoms with Gasteiger partial charge in [-0.15, -0.1) is 0 Å². The van der Waals surface area contributed by atoms with Gasteiger partial charge >= 0.3 is 5.97 Å². The average molecular weight is 240 g/mol. The second-order valence-corrected chi connectivity index (χ2v) is 4.69. The van der Waals surface area contributed by atoms with Crippen molar-refractivity contribution in [2.24, 2.45) is 5.41 Å². The average Bonchev–Trinajstić information content (AvgIpc) is 3.09. The van der Waals surface area contributed by atoms with E-state index in [9.17, 15) is 14.4 Å². The maximum atomic E-state index is 12.0. The monoisotopic (exact) mass is 240 g/mol. The predicted octanol–water partition coefficient (Wildman–Crippen LogP) is -0.458. The lowest BCUT2D eigenvalue weighted by Gasteiger charge is -2.35. The summed E-state index contributed by atoms with van der Waals surface area (Å²) in [7, 11) is 0. The molecule has 2 aliphatic rings. The van der Waals surface area contributed by atoms with Crippen molar-refractivity contribution in [3.63, 3.8) is 0 Å². The summed E-state index contributed by atoms with van der Waals surface area (Å²) in [5.74, 6) is -1.30. The number of carbonyl (C=O) groups is 3. The normalized spacial score (nSPS) is 22.2. The SMILES string of the molecule is CC(=O)N1CCN(C(=O)C2(C(=O)O)CC2)CC1. The summed E-state index contributed by atoms with van der Waals surface area (Å²) in [4.78, 5) is 37.4. The van der Waals surface area contributed by atoms with E-state index >= 15 is 0 Å². The van der Waals surface area contributed by atoms with Crippen molar-refractivity contribution in [3.8, 4) is 0 Å². The molecule has 6 heteroatoms. The third-order valence-electron chi connectivity index (χ3n) is 3.58. The number of carboxylic acids is 1. The Morgan fingerprint density at radius 3 is 1.82 bits per heavy atom. The van der Waals surface area contributed by atoms with E-state index in [1.165, 1.54) is 6.92 Å². The lowest BCUT2D eigenvalue weighted by Crippen LogP contribution is -2.52. The molecule has 1 saturated heterocycles. The highest BCUT2D eigenvalue weighted by molar-refractivity contribution is 6.04. The summed E-state index contributed by atoms with van der Waals surface area (Å²) in [6.07, 6.45) is 0.877. The zero-order valence-corrected chi connectivity index (χ0v) is 9.81. The van der Waals surface area contributed by atoms with E-state index in [4.69, 9.17) is 5.11 Å². The van der Waals surface area contributed by atoms with Crippen LogP contribution < -0.4 is 0 Å². The third-order valence-corrected chi connectivity index (χ3v) is 3.58. The van der Waals surface area contributed by atoms with Crippen molar-refractivity contribution in [2.75, 3.05) is 26.2 Å². The van der Waals surface area contributed by atoms with Gasteiger partial charge < -0.3 is 14.9 Å². The standard InChI is InChI=1S/C11H16N2O4/c1-8(14)12-4-6-13(7-5-12)9(15)11(2-3-11)10(16)17/h2-7H2,1H3,(H,16,17). The van der Waals surface area contributed by atoms with E-state index in [1.54, 1.807) is 9.80 Å². The third kappa shape index (κ3) is 1.99. The fourth-order valence-corrected chi connectivity index (χ4v) is 2.17. The molecule has 1 N–H and O–H groups in total. The summed E-state index contributed by atoms with van der Waals surface area (Å²) in [6.45, 7) is 3.37. The van der Waals surface area contributed by atoms with Gasteiger partial charge in [0.15, 0.2) is 0 Å². The highest BCUT2D eigenvalue weighted by Crippen LogP contribution is 2.47. The molecule has 1 aliphatic heterocycles. The zero-order chi connectivity index (χ0) is 12.6. The van der Waals surface area contributed by atoms with Crippen LogP contribution in [-0.4, -0.2) is 58.9 Å². The Bertz CT molecular complexity index is 368. The molecule has 0 aromatic carbocycles. The first kappa shape index (κ1) is 11.9. The van der Waals surface area contributed by atoms with Crippen molar-refractivity contribution < 1.29 is 19.5 Å². The van der Waals surface area contributed by atoms with E-state index in [1.807, 2.05) is 0 Å². The molecular formula is C11H16N2O4. The number of aliphatic carboxylic acids is 1. The van der Waals surface area contributed by atoms with E-state index in [-0.39, 0.29) is 11.8 Å². The molecule has 0 unspecified atom stereocenters. The first-order valence-electron chi connectivity index (χ1n) is 5.76. The molecule has 0 atom stereocenters. The van der Waals surface area contributed by atoms with E-state index in [0.29, 0.717) is 39.0 Å². The van der Waals surface area contributed by atoms with Gasteiger partial charge in [-0.1, -0.05) is 0 Å². The van der Waals surface area contributed by atoms with Crippen LogP contribution in [0.5, 0.6) is 0 Å². The topological polar surface area (TPSA) is 77.9 Å². The molecule has 2 rings (SSSR count). The van der Waals surface area contributed by atoms with Gasteiger partial charge in [-0.25, -0.2) is 0 Å². The minimum Gasteiger partial charge on any atom is -0.480 e. The number of rotatable bonds is 2. The summed E-state index contributed by atoms with van der Waals surface area (Å²) in [6, 6.07) is 0. The molecule has 0 bridgehead atoms. The molecule has 1 saturated carbocycles. The van der Waals surface area contributed by atoms with Crippen molar-refractivity contribution >= 4 is 17.8 Å². The summed E-state index contributed by atoms with van der Waals surface area (Å²) < 4.78 is 0. The van der Waals surface area contributed by atoms with Crippen molar-refractivity contribution in [3.05, 3.63) is 0 Å². The minimum atomic E-state index is -1.15. The van der Waals surface area contributed by atoms with Crippen LogP contribution in [0, 0.1) is 5.41 Å². The highest BCUT2D eigenvalue weighted by Gasteiger charge is 2.58. The lowest BCUT2D eigenvalue weighted by atomic mass is 10.1. The Kier molecular flexibility index (Phi) is 2.81. The van der Waals surface area contributed by atoms with E-state index in [2.05, 4.69) is 0 Å². The lowest BCUT2D eigenvalue weighted by molar-refractivity contribution is -0.155. The van der Waals surface area contributed by atoms with Crippen molar-refractivity contribution in [1.82, 2.24) is 9.80 Å². The molecule has 0 spiro atoms. The highest BCUT2D eigenvalue weighted by atomic mass is 16.4. The molecule has 2 amide bonds. The molecule has 17 heavy (non-hydrogen) atoms.